The Hall–Kier alpha value is -1.92. The minimum absolute atomic E-state index is 0.0157. The fraction of sp³-hybridized carbons (Fsp3) is 0.0769. The lowest BCUT2D eigenvalue weighted by atomic mass is 10.2. The van der Waals surface area contributed by atoms with E-state index in [1.54, 1.807) is 24.3 Å². The number of hydrogen-bond donors (Lipinski definition) is 2. The second-order valence-electron chi connectivity index (χ2n) is 3.99. The Kier molecular flexibility index (Phi) is 3.82. The molecule has 2 rings (SSSR count). The summed E-state index contributed by atoms with van der Waals surface area (Å²) in [5.41, 5.74) is 6.38. The first kappa shape index (κ1) is 13.5. The zero-order valence-electron chi connectivity index (χ0n) is 10.0. The van der Waals surface area contributed by atoms with Crippen LogP contribution in [0.15, 0.2) is 53.4 Å². The number of sulfonamides is 1. The van der Waals surface area contributed by atoms with Crippen molar-refractivity contribution in [1.82, 2.24) is 4.72 Å². The molecule has 0 radical (unpaired) electrons. The molecular weight excluding hydrogens is 267 g/mol. The Morgan fingerprint density at radius 3 is 2.47 bits per heavy atom. The smallest absolute Gasteiger partial charge is 0.243 e. The topological polar surface area (TPSA) is 72.2 Å². The lowest BCUT2D eigenvalue weighted by Gasteiger charge is -2.09. The van der Waals surface area contributed by atoms with Crippen LogP contribution < -0.4 is 10.5 Å². The molecule has 6 heteroatoms. The maximum absolute atomic E-state index is 13.1. The average Bonchev–Trinajstić information content (AvgIpc) is 2.40. The largest absolute Gasteiger partial charge is 0.398 e. The van der Waals surface area contributed by atoms with E-state index >= 15 is 0 Å². The maximum atomic E-state index is 13.1. The third-order valence-electron chi connectivity index (χ3n) is 2.57. The van der Waals surface area contributed by atoms with Gasteiger partial charge in [0.2, 0.25) is 10.0 Å². The first-order valence-electron chi connectivity index (χ1n) is 5.58. The van der Waals surface area contributed by atoms with Crippen molar-refractivity contribution >= 4 is 15.7 Å². The van der Waals surface area contributed by atoms with Crippen LogP contribution in [0.2, 0.25) is 0 Å². The van der Waals surface area contributed by atoms with Gasteiger partial charge in [0.1, 0.15) is 10.7 Å². The Bertz CT molecular complexity index is 672. The molecule has 0 fully saturated rings. The quantitative estimate of drug-likeness (QED) is 0.840. The monoisotopic (exact) mass is 280 g/mol. The molecule has 100 valence electrons. The van der Waals surface area contributed by atoms with Gasteiger partial charge in [-0.2, -0.15) is 0 Å². The Morgan fingerprint density at radius 1 is 1.11 bits per heavy atom. The summed E-state index contributed by atoms with van der Waals surface area (Å²) in [5.74, 6) is -0.644. The molecule has 0 amide bonds. The normalized spacial score (nSPS) is 11.4. The molecule has 4 nitrogen and oxygen atoms in total. The number of hydrogen-bond acceptors (Lipinski definition) is 3. The number of anilines is 1. The van der Waals surface area contributed by atoms with Crippen molar-refractivity contribution in [3.8, 4) is 0 Å². The summed E-state index contributed by atoms with van der Waals surface area (Å²) in [6.07, 6.45) is 0. The van der Waals surface area contributed by atoms with Gasteiger partial charge in [0, 0.05) is 6.54 Å². The molecule has 2 aromatic rings. The molecular formula is C13H13FN2O2S. The van der Waals surface area contributed by atoms with E-state index in [9.17, 15) is 12.8 Å². The SMILES string of the molecule is Nc1ccc(F)cc1S(=O)(=O)NCc1ccccc1. The highest BCUT2D eigenvalue weighted by Gasteiger charge is 2.17. The molecule has 19 heavy (non-hydrogen) atoms. The van der Waals surface area contributed by atoms with Gasteiger partial charge in [-0.1, -0.05) is 30.3 Å². The van der Waals surface area contributed by atoms with Gasteiger partial charge in [-0.25, -0.2) is 17.5 Å². The summed E-state index contributed by atoms with van der Waals surface area (Å²) < 4.78 is 39.5. The van der Waals surface area contributed by atoms with Crippen LogP contribution in [0, 0.1) is 5.82 Å². The lowest BCUT2D eigenvalue weighted by Crippen LogP contribution is -2.24. The van der Waals surface area contributed by atoms with Crippen LogP contribution in [-0.4, -0.2) is 8.42 Å². The van der Waals surface area contributed by atoms with E-state index in [0.717, 1.165) is 17.7 Å². The number of nitrogen functional groups attached to an aromatic ring is 1. The van der Waals surface area contributed by atoms with Gasteiger partial charge in [0.25, 0.3) is 0 Å². The van der Waals surface area contributed by atoms with E-state index in [4.69, 9.17) is 5.73 Å². The van der Waals surface area contributed by atoms with E-state index in [-0.39, 0.29) is 17.1 Å². The van der Waals surface area contributed by atoms with Crippen molar-refractivity contribution in [2.45, 2.75) is 11.4 Å². The van der Waals surface area contributed by atoms with Crippen LogP contribution in [0.5, 0.6) is 0 Å². The standard InChI is InChI=1S/C13H13FN2O2S/c14-11-6-7-12(15)13(8-11)19(17,18)16-9-10-4-2-1-3-5-10/h1-8,16H,9,15H2. The summed E-state index contributed by atoms with van der Waals surface area (Å²) in [5, 5.41) is 0. The highest BCUT2D eigenvalue weighted by atomic mass is 32.2. The second-order valence-corrected chi connectivity index (χ2v) is 5.73. The molecule has 3 N–H and O–H groups in total. The van der Waals surface area contributed by atoms with Crippen molar-refractivity contribution in [3.63, 3.8) is 0 Å². The number of benzene rings is 2. The van der Waals surface area contributed by atoms with Crippen LogP contribution in [0.3, 0.4) is 0 Å². The minimum Gasteiger partial charge on any atom is -0.398 e. The molecule has 0 aromatic heterocycles. The van der Waals surface area contributed by atoms with Gasteiger partial charge in [-0.3, -0.25) is 0 Å². The summed E-state index contributed by atoms with van der Waals surface area (Å²) in [6.45, 7) is 0.124. The van der Waals surface area contributed by atoms with Gasteiger partial charge >= 0.3 is 0 Å². The number of nitrogens with two attached hydrogens (primary N) is 1. The van der Waals surface area contributed by atoms with Crippen molar-refractivity contribution < 1.29 is 12.8 Å². The van der Waals surface area contributed by atoms with Crippen molar-refractivity contribution in [2.75, 3.05) is 5.73 Å². The molecule has 0 aliphatic carbocycles. The van der Waals surface area contributed by atoms with Gasteiger partial charge in [0.15, 0.2) is 0 Å². The minimum atomic E-state index is -3.83. The Morgan fingerprint density at radius 2 is 1.79 bits per heavy atom. The predicted octanol–water partition coefficient (Wildman–Crippen LogP) is 1.89. The van der Waals surface area contributed by atoms with Crippen LogP contribution in [0.25, 0.3) is 0 Å². The third-order valence-corrected chi connectivity index (χ3v) is 4.03. The third kappa shape index (κ3) is 3.30. The molecule has 0 unspecified atom stereocenters. The predicted molar refractivity (Wildman–Crippen MR) is 71.3 cm³/mol. The molecule has 0 aliphatic heterocycles. The molecule has 0 heterocycles. The van der Waals surface area contributed by atoms with E-state index in [0.29, 0.717) is 0 Å². The first-order valence-corrected chi connectivity index (χ1v) is 7.06. The van der Waals surface area contributed by atoms with E-state index in [1.165, 1.54) is 6.07 Å². The van der Waals surface area contributed by atoms with Gasteiger partial charge in [0.05, 0.1) is 5.69 Å². The van der Waals surface area contributed by atoms with Gasteiger partial charge in [-0.15, -0.1) is 0 Å². The summed E-state index contributed by atoms with van der Waals surface area (Å²) in [4.78, 5) is -0.247. The number of rotatable bonds is 4. The van der Waals surface area contributed by atoms with Crippen LogP contribution in [0.4, 0.5) is 10.1 Å². The molecule has 0 saturated heterocycles. The highest BCUT2D eigenvalue weighted by molar-refractivity contribution is 7.89. The van der Waals surface area contributed by atoms with Crippen molar-refractivity contribution in [3.05, 3.63) is 59.9 Å². The van der Waals surface area contributed by atoms with E-state index in [1.807, 2.05) is 6.07 Å². The first-order chi connectivity index (χ1) is 8.99. The summed E-state index contributed by atoms with van der Waals surface area (Å²) >= 11 is 0. The van der Waals surface area contributed by atoms with Crippen LogP contribution in [0.1, 0.15) is 5.56 Å². The van der Waals surface area contributed by atoms with Crippen LogP contribution in [-0.2, 0) is 16.6 Å². The average molecular weight is 280 g/mol. The molecule has 2 aromatic carbocycles. The number of halogens is 1. The Balaban J connectivity index is 2.21. The van der Waals surface area contributed by atoms with E-state index < -0.39 is 15.8 Å². The molecule has 0 aliphatic rings. The summed E-state index contributed by atoms with van der Waals surface area (Å²) in [6, 6.07) is 12.3. The lowest BCUT2D eigenvalue weighted by molar-refractivity contribution is 0.578. The molecule has 0 bridgehead atoms. The highest BCUT2D eigenvalue weighted by Crippen LogP contribution is 2.19. The Labute approximate surface area is 111 Å². The fourth-order valence-electron chi connectivity index (χ4n) is 1.59. The zero-order chi connectivity index (χ0) is 13.9. The van der Waals surface area contributed by atoms with Crippen molar-refractivity contribution in [1.29, 1.82) is 0 Å². The fourth-order valence-corrected chi connectivity index (χ4v) is 2.75. The summed E-state index contributed by atoms with van der Waals surface area (Å²) in [7, 11) is -3.83. The van der Waals surface area contributed by atoms with Gasteiger partial charge < -0.3 is 5.73 Å². The number of nitrogens with one attached hydrogen (secondary N) is 1. The molecule has 0 spiro atoms. The van der Waals surface area contributed by atoms with Crippen LogP contribution >= 0.6 is 0 Å². The zero-order valence-corrected chi connectivity index (χ0v) is 10.8. The maximum Gasteiger partial charge on any atom is 0.243 e. The van der Waals surface area contributed by atoms with E-state index in [2.05, 4.69) is 4.72 Å². The second kappa shape index (κ2) is 5.38. The van der Waals surface area contributed by atoms with Gasteiger partial charge in [-0.05, 0) is 23.8 Å². The van der Waals surface area contributed by atoms with Crippen molar-refractivity contribution in [2.24, 2.45) is 0 Å². The molecule has 0 atom stereocenters. The molecule has 0 saturated carbocycles.